The third-order valence-electron chi connectivity index (χ3n) is 3.17. The molecule has 0 N–H and O–H groups in total. The van der Waals surface area contributed by atoms with E-state index < -0.39 is 0 Å². The fourth-order valence-corrected chi connectivity index (χ4v) is 2.45. The van der Waals surface area contributed by atoms with Gasteiger partial charge in [-0.1, -0.05) is 33.1 Å². The molecule has 0 spiro atoms. The second-order valence-electron chi connectivity index (χ2n) is 3.94. The van der Waals surface area contributed by atoms with E-state index in [9.17, 15) is 0 Å². The minimum absolute atomic E-state index is 0.262. The molecule has 0 aliphatic rings. The van der Waals surface area contributed by atoms with Crippen LogP contribution in [0.15, 0.2) is 0 Å². The monoisotopic (exact) mass is 230 g/mol. The summed E-state index contributed by atoms with van der Waals surface area (Å²) in [5.41, 5.74) is 0. The van der Waals surface area contributed by atoms with E-state index >= 15 is 0 Å². The Morgan fingerprint density at radius 3 is 1.38 bits per heavy atom. The minimum atomic E-state index is -0.317. The van der Waals surface area contributed by atoms with Crippen molar-refractivity contribution in [2.24, 2.45) is 0 Å². The van der Waals surface area contributed by atoms with Gasteiger partial charge >= 0.3 is 14.2 Å². The Kier molecular flexibility index (Phi) is 8.10. The van der Waals surface area contributed by atoms with Crippen LogP contribution in [0.5, 0.6) is 0 Å². The van der Waals surface area contributed by atoms with E-state index in [4.69, 9.17) is 18.6 Å². The second-order valence-corrected chi connectivity index (χ2v) is 3.94. The van der Waals surface area contributed by atoms with Crippen LogP contribution in [-0.4, -0.2) is 42.7 Å². The standard InChI is InChI=1S/C10H24B2O4/c1-7-9-10(8-2,11(13-3)14-4)12(15-5)16-6/h7-9H2,1-6H3. The first-order valence-electron chi connectivity index (χ1n) is 5.77. The summed E-state index contributed by atoms with van der Waals surface area (Å²) in [6.45, 7) is 4.24. The summed E-state index contributed by atoms with van der Waals surface area (Å²) in [5.74, 6) is 0. The lowest BCUT2D eigenvalue weighted by Gasteiger charge is -2.37. The Morgan fingerprint density at radius 2 is 1.19 bits per heavy atom. The van der Waals surface area contributed by atoms with Gasteiger partial charge in [0, 0.05) is 33.7 Å². The van der Waals surface area contributed by atoms with Crippen LogP contribution >= 0.6 is 0 Å². The summed E-state index contributed by atoms with van der Waals surface area (Å²) >= 11 is 0. The SMILES string of the molecule is CCCC(CC)(B(OC)OC)B(OC)OC. The second kappa shape index (κ2) is 8.12. The maximum absolute atomic E-state index is 5.41. The maximum Gasteiger partial charge on any atom is 0.460 e. The van der Waals surface area contributed by atoms with Gasteiger partial charge < -0.3 is 18.6 Å². The molecule has 0 aliphatic carbocycles. The van der Waals surface area contributed by atoms with Crippen molar-refractivity contribution < 1.29 is 18.6 Å². The van der Waals surface area contributed by atoms with Crippen LogP contribution < -0.4 is 0 Å². The number of hydrogen-bond donors (Lipinski definition) is 0. The van der Waals surface area contributed by atoms with Crippen LogP contribution in [0, 0.1) is 0 Å². The zero-order valence-electron chi connectivity index (χ0n) is 11.4. The van der Waals surface area contributed by atoms with E-state index in [1.165, 1.54) is 0 Å². The quantitative estimate of drug-likeness (QED) is 0.568. The molecule has 0 aliphatic heterocycles. The Hall–Kier alpha value is -0.0301. The molecule has 0 aromatic carbocycles. The zero-order valence-corrected chi connectivity index (χ0v) is 11.4. The molecule has 0 radical (unpaired) electrons. The zero-order chi connectivity index (χ0) is 12.6. The summed E-state index contributed by atoms with van der Waals surface area (Å²) in [6, 6.07) is 0. The molecule has 16 heavy (non-hydrogen) atoms. The molecule has 0 aromatic heterocycles. The Balaban J connectivity index is 5.08. The smallest absolute Gasteiger partial charge is 0.414 e. The van der Waals surface area contributed by atoms with Crippen LogP contribution in [0.1, 0.15) is 33.1 Å². The van der Waals surface area contributed by atoms with E-state index in [0.29, 0.717) is 0 Å². The van der Waals surface area contributed by atoms with E-state index in [2.05, 4.69) is 13.8 Å². The third-order valence-corrected chi connectivity index (χ3v) is 3.17. The van der Waals surface area contributed by atoms with Gasteiger partial charge in [-0.25, -0.2) is 0 Å². The van der Waals surface area contributed by atoms with Gasteiger partial charge in [-0.15, -0.1) is 0 Å². The normalized spacial score (nSPS) is 11.6. The van der Waals surface area contributed by atoms with Gasteiger partial charge in [0.05, 0.1) is 0 Å². The van der Waals surface area contributed by atoms with Crippen molar-refractivity contribution in [1.29, 1.82) is 0 Å². The molecule has 94 valence electrons. The van der Waals surface area contributed by atoms with Gasteiger partial charge in [0.25, 0.3) is 0 Å². The van der Waals surface area contributed by atoms with Crippen molar-refractivity contribution >= 4 is 14.2 Å². The van der Waals surface area contributed by atoms with Crippen molar-refractivity contribution in [3.8, 4) is 0 Å². The van der Waals surface area contributed by atoms with Gasteiger partial charge in [-0.2, -0.15) is 0 Å². The summed E-state index contributed by atoms with van der Waals surface area (Å²) in [5, 5.41) is -0.262. The lowest BCUT2D eigenvalue weighted by Crippen LogP contribution is -2.49. The highest BCUT2D eigenvalue weighted by atomic mass is 16.6. The number of rotatable bonds is 9. The summed E-state index contributed by atoms with van der Waals surface area (Å²) in [6.07, 6.45) is 2.84. The molecule has 0 bridgehead atoms. The first kappa shape index (κ1) is 16.0. The molecular formula is C10H24B2O4. The first-order valence-corrected chi connectivity index (χ1v) is 5.77. The first-order chi connectivity index (χ1) is 7.66. The van der Waals surface area contributed by atoms with Crippen molar-refractivity contribution in [1.82, 2.24) is 0 Å². The van der Waals surface area contributed by atoms with Crippen molar-refractivity contribution in [3.05, 3.63) is 0 Å². The minimum Gasteiger partial charge on any atom is -0.414 e. The van der Waals surface area contributed by atoms with Crippen molar-refractivity contribution in [3.63, 3.8) is 0 Å². The topological polar surface area (TPSA) is 36.9 Å². The van der Waals surface area contributed by atoms with Crippen molar-refractivity contribution in [2.75, 3.05) is 28.4 Å². The Morgan fingerprint density at radius 1 is 0.812 bits per heavy atom. The van der Waals surface area contributed by atoms with E-state index in [0.717, 1.165) is 19.3 Å². The van der Waals surface area contributed by atoms with Crippen LogP contribution in [0.3, 0.4) is 0 Å². The van der Waals surface area contributed by atoms with E-state index in [-0.39, 0.29) is 19.5 Å². The van der Waals surface area contributed by atoms with Crippen LogP contribution in [-0.2, 0) is 18.6 Å². The molecule has 0 saturated heterocycles. The predicted molar refractivity (Wildman–Crippen MR) is 67.4 cm³/mol. The molecule has 0 fully saturated rings. The average Bonchev–Trinajstić information content (AvgIpc) is 2.31. The van der Waals surface area contributed by atoms with Crippen LogP contribution in [0.2, 0.25) is 5.21 Å². The molecule has 0 saturated carbocycles. The lowest BCUT2D eigenvalue weighted by molar-refractivity contribution is 0.206. The molecule has 0 atom stereocenters. The Bertz CT molecular complexity index is 160. The summed E-state index contributed by atoms with van der Waals surface area (Å²) in [7, 11) is 5.96. The van der Waals surface area contributed by atoms with Gasteiger partial charge in [0.2, 0.25) is 0 Å². The predicted octanol–water partition coefficient (Wildman–Crippen LogP) is 2.04. The fraction of sp³-hybridized carbons (Fsp3) is 1.00. The molecular weight excluding hydrogens is 206 g/mol. The highest BCUT2D eigenvalue weighted by Crippen LogP contribution is 2.43. The lowest BCUT2D eigenvalue weighted by atomic mass is 9.36. The molecule has 4 nitrogen and oxygen atoms in total. The van der Waals surface area contributed by atoms with E-state index in [1.54, 1.807) is 28.4 Å². The number of hydrogen-bond acceptors (Lipinski definition) is 4. The molecule has 0 aromatic rings. The highest BCUT2D eigenvalue weighted by molar-refractivity contribution is 6.70. The highest BCUT2D eigenvalue weighted by Gasteiger charge is 2.53. The van der Waals surface area contributed by atoms with Crippen molar-refractivity contribution in [2.45, 2.75) is 38.3 Å². The third kappa shape index (κ3) is 3.23. The molecule has 0 heterocycles. The maximum atomic E-state index is 5.41. The summed E-state index contributed by atoms with van der Waals surface area (Å²) in [4.78, 5) is 0. The molecule has 0 rings (SSSR count). The van der Waals surface area contributed by atoms with Gasteiger partial charge in [-0.05, 0) is 0 Å². The van der Waals surface area contributed by atoms with Crippen LogP contribution in [0.4, 0.5) is 0 Å². The van der Waals surface area contributed by atoms with E-state index in [1.807, 2.05) is 0 Å². The van der Waals surface area contributed by atoms with Gasteiger partial charge in [0.15, 0.2) is 0 Å². The molecule has 6 heteroatoms. The summed E-state index contributed by atoms with van der Waals surface area (Å²) < 4.78 is 21.6. The average molecular weight is 230 g/mol. The van der Waals surface area contributed by atoms with Crippen LogP contribution in [0.25, 0.3) is 0 Å². The fourth-order valence-electron chi connectivity index (χ4n) is 2.45. The van der Waals surface area contributed by atoms with Gasteiger partial charge in [-0.3, -0.25) is 0 Å². The van der Waals surface area contributed by atoms with Gasteiger partial charge in [0.1, 0.15) is 0 Å². The Labute approximate surface area is 100 Å². The largest absolute Gasteiger partial charge is 0.460 e. The molecule has 0 unspecified atom stereocenters. The molecule has 0 amide bonds.